The molecular formula is C25H17F2OS+. The molecule has 0 radical (unpaired) electrons. The third-order valence-electron chi connectivity index (χ3n) is 4.89. The van der Waals surface area contributed by atoms with Gasteiger partial charge in [-0.2, -0.15) is 0 Å². The van der Waals surface area contributed by atoms with Crippen LogP contribution in [0.2, 0.25) is 0 Å². The SMILES string of the molecule is Fc1cc(F)cc(COc2ccc(-[s+]3c4ccccc4c4ccccc43)cc2)c1. The normalized spacial score (nSPS) is 11.2. The molecule has 0 atom stereocenters. The summed E-state index contributed by atoms with van der Waals surface area (Å²) in [6.07, 6.45) is 0. The standard InChI is InChI=1S/C25H17F2OS/c26-18-13-17(14-19(27)15-18)16-28-20-9-11-21(12-10-20)29-24-7-3-1-5-22(24)23-6-2-4-8-25(23)29/h1-15H,16H2/q+1. The first-order valence-electron chi connectivity index (χ1n) is 9.29. The highest BCUT2D eigenvalue weighted by molar-refractivity contribution is 7.50. The number of benzene rings is 4. The average molecular weight is 403 g/mol. The highest BCUT2D eigenvalue weighted by atomic mass is 32.2. The lowest BCUT2D eigenvalue weighted by Gasteiger charge is -2.06. The van der Waals surface area contributed by atoms with Crippen LogP contribution in [0.15, 0.2) is 91.0 Å². The van der Waals surface area contributed by atoms with Crippen LogP contribution in [0.5, 0.6) is 5.75 Å². The maximum atomic E-state index is 13.3. The van der Waals surface area contributed by atoms with E-state index in [1.165, 1.54) is 37.2 Å². The van der Waals surface area contributed by atoms with E-state index in [9.17, 15) is 8.78 Å². The highest BCUT2D eigenvalue weighted by Crippen LogP contribution is 2.48. The van der Waals surface area contributed by atoms with E-state index in [1.54, 1.807) is 0 Å². The largest absolute Gasteiger partial charge is 0.489 e. The molecule has 0 spiro atoms. The zero-order chi connectivity index (χ0) is 19.8. The molecule has 4 aromatic carbocycles. The minimum atomic E-state index is -0.598. The fraction of sp³-hybridized carbons (Fsp3) is 0.0400. The number of ether oxygens (including phenoxy) is 1. The summed E-state index contributed by atoms with van der Waals surface area (Å²) in [6.45, 7) is 0.116. The molecule has 5 aromatic rings. The summed E-state index contributed by atoms with van der Waals surface area (Å²) in [6, 6.07) is 28.5. The van der Waals surface area contributed by atoms with E-state index in [4.69, 9.17) is 4.74 Å². The average Bonchev–Trinajstić information content (AvgIpc) is 3.07. The predicted octanol–water partition coefficient (Wildman–Crippen LogP) is 7.59. The van der Waals surface area contributed by atoms with Crippen LogP contribution in [0, 0.1) is 11.6 Å². The van der Waals surface area contributed by atoms with Crippen LogP contribution in [0.4, 0.5) is 8.78 Å². The minimum Gasteiger partial charge on any atom is -0.489 e. The Bertz CT molecular complexity index is 1250. The Labute approximate surface area is 169 Å². The van der Waals surface area contributed by atoms with Crippen molar-refractivity contribution in [2.24, 2.45) is 0 Å². The lowest BCUT2D eigenvalue weighted by atomic mass is 10.2. The molecule has 0 N–H and O–H groups in total. The molecule has 0 amide bonds. The summed E-state index contributed by atoms with van der Waals surface area (Å²) in [5, 5.41) is 2.58. The van der Waals surface area contributed by atoms with E-state index >= 15 is 0 Å². The molecule has 0 bridgehead atoms. The molecule has 0 aliphatic carbocycles. The number of halogens is 2. The molecule has 0 saturated carbocycles. The van der Waals surface area contributed by atoms with Gasteiger partial charge in [0.05, 0.1) is 0 Å². The van der Waals surface area contributed by atoms with Gasteiger partial charge in [0, 0.05) is 39.4 Å². The van der Waals surface area contributed by atoms with E-state index in [0.717, 1.165) is 6.07 Å². The first kappa shape index (κ1) is 17.8. The summed E-state index contributed by atoms with van der Waals surface area (Å²) >= 11 is 0. The lowest BCUT2D eigenvalue weighted by Crippen LogP contribution is -1.97. The van der Waals surface area contributed by atoms with Gasteiger partial charge < -0.3 is 4.74 Å². The number of hydrogen-bond acceptors (Lipinski definition) is 1. The Hall–Kier alpha value is -3.24. The maximum Gasteiger partial charge on any atom is 0.187 e. The number of hydrogen-bond donors (Lipinski definition) is 0. The summed E-state index contributed by atoms with van der Waals surface area (Å²) in [7, 11) is -0.150. The second-order valence-corrected chi connectivity index (χ2v) is 8.80. The van der Waals surface area contributed by atoms with Crippen molar-refractivity contribution in [1.29, 1.82) is 0 Å². The Morgan fingerprint density at radius 1 is 0.655 bits per heavy atom. The van der Waals surface area contributed by atoms with Crippen LogP contribution in [-0.4, -0.2) is 0 Å². The van der Waals surface area contributed by atoms with Gasteiger partial charge in [-0.15, -0.1) is 0 Å². The van der Waals surface area contributed by atoms with Gasteiger partial charge in [0.2, 0.25) is 0 Å². The van der Waals surface area contributed by atoms with Gasteiger partial charge in [-0.25, -0.2) is 8.78 Å². The van der Waals surface area contributed by atoms with Crippen LogP contribution in [0.25, 0.3) is 25.1 Å². The molecular weight excluding hydrogens is 386 g/mol. The Morgan fingerprint density at radius 2 is 1.21 bits per heavy atom. The molecule has 0 aliphatic rings. The fourth-order valence-electron chi connectivity index (χ4n) is 3.64. The molecule has 0 unspecified atom stereocenters. The smallest absolute Gasteiger partial charge is 0.187 e. The van der Waals surface area contributed by atoms with Crippen molar-refractivity contribution in [2.45, 2.75) is 6.61 Å². The molecule has 4 heteroatoms. The van der Waals surface area contributed by atoms with Crippen molar-refractivity contribution in [1.82, 2.24) is 0 Å². The van der Waals surface area contributed by atoms with Crippen LogP contribution >= 0.6 is 10.5 Å². The Morgan fingerprint density at radius 3 is 1.79 bits per heavy atom. The van der Waals surface area contributed by atoms with E-state index < -0.39 is 11.6 Å². The fourth-order valence-corrected chi connectivity index (χ4v) is 6.02. The molecule has 1 nitrogen and oxygen atoms in total. The van der Waals surface area contributed by atoms with Gasteiger partial charge in [0.1, 0.15) is 24.0 Å². The molecule has 5 rings (SSSR count). The van der Waals surface area contributed by atoms with E-state index in [1.807, 2.05) is 12.1 Å². The van der Waals surface area contributed by atoms with Gasteiger partial charge in [0.25, 0.3) is 0 Å². The van der Waals surface area contributed by atoms with Gasteiger partial charge in [-0.1, -0.05) is 24.3 Å². The van der Waals surface area contributed by atoms with Crippen molar-refractivity contribution in [3.63, 3.8) is 0 Å². The number of rotatable bonds is 4. The quantitative estimate of drug-likeness (QED) is 0.281. The van der Waals surface area contributed by atoms with Crippen molar-refractivity contribution in [3.05, 3.63) is 108 Å². The molecule has 1 aromatic heterocycles. The zero-order valence-electron chi connectivity index (χ0n) is 15.4. The van der Waals surface area contributed by atoms with Crippen molar-refractivity contribution in [2.75, 3.05) is 0 Å². The summed E-state index contributed by atoms with van der Waals surface area (Å²) in [5.74, 6) is -0.528. The zero-order valence-corrected chi connectivity index (χ0v) is 16.3. The molecule has 142 valence electrons. The maximum absolute atomic E-state index is 13.3. The third kappa shape index (κ3) is 3.36. The Kier molecular flexibility index (Phi) is 4.49. The van der Waals surface area contributed by atoms with Crippen molar-refractivity contribution >= 4 is 30.6 Å². The number of thiophene rings is 1. The predicted molar refractivity (Wildman–Crippen MR) is 116 cm³/mol. The third-order valence-corrected chi connectivity index (χ3v) is 7.23. The first-order valence-corrected chi connectivity index (χ1v) is 10.5. The van der Waals surface area contributed by atoms with Crippen LogP contribution in [-0.2, 0) is 6.61 Å². The Balaban J connectivity index is 1.47. The monoisotopic (exact) mass is 403 g/mol. The second-order valence-electron chi connectivity index (χ2n) is 6.84. The summed E-state index contributed by atoms with van der Waals surface area (Å²) in [4.78, 5) is 1.21. The minimum absolute atomic E-state index is 0.116. The van der Waals surface area contributed by atoms with Crippen LogP contribution in [0.3, 0.4) is 0 Å². The van der Waals surface area contributed by atoms with Crippen molar-refractivity contribution in [3.8, 4) is 10.6 Å². The van der Waals surface area contributed by atoms with Gasteiger partial charge in [-0.05, 0) is 54.1 Å². The molecule has 0 saturated heterocycles. The van der Waals surface area contributed by atoms with E-state index in [2.05, 4.69) is 60.7 Å². The van der Waals surface area contributed by atoms with Gasteiger partial charge in [-0.3, -0.25) is 0 Å². The molecule has 29 heavy (non-hydrogen) atoms. The van der Waals surface area contributed by atoms with Crippen LogP contribution < -0.4 is 4.74 Å². The van der Waals surface area contributed by atoms with Crippen molar-refractivity contribution < 1.29 is 13.5 Å². The lowest BCUT2D eigenvalue weighted by molar-refractivity contribution is 0.305. The topological polar surface area (TPSA) is 9.23 Å². The highest BCUT2D eigenvalue weighted by Gasteiger charge is 2.22. The van der Waals surface area contributed by atoms with Gasteiger partial charge >= 0.3 is 0 Å². The van der Waals surface area contributed by atoms with E-state index in [0.29, 0.717) is 11.3 Å². The molecule has 0 aliphatic heterocycles. The number of fused-ring (bicyclic) bond motifs is 3. The van der Waals surface area contributed by atoms with Crippen LogP contribution in [0.1, 0.15) is 5.56 Å². The summed E-state index contributed by atoms with van der Waals surface area (Å²) < 4.78 is 35.0. The van der Waals surface area contributed by atoms with Gasteiger partial charge in [0.15, 0.2) is 14.3 Å². The molecule has 1 heterocycles. The second kappa shape index (κ2) is 7.30. The molecule has 0 fully saturated rings. The van der Waals surface area contributed by atoms with E-state index in [-0.39, 0.29) is 17.1 Å². The first-order chi connectivity index (χ1) is 14.2. The summed E-state index contributed by atoms with van der Waals surface area (Å²) in [5.41, 5.74) is 0.465.